The van der Waals surface area contributed by atoms with Gasteiger partial charge in [0.05, 0.1) is 10.4 Å². The standard InChI is InChI=1S/C24H21N7O2S/c1-16-15-27-24(29-18-3-2-4-21(14-18)34(25,32)33)30-23(16)28-19-5-6-22-17(13-19)9-12-31(22)20-7-10-26-11-8-20/h2-15H,1H3,(H2,25,32,33)(H2,27,28,29,30). The number of nitrogens with zero attached hydrogens (tertiary/aromatic N) is 4. The summed E-state index contributed by atoms with van der Waals surface area (Å²) < 4.78 is 25.3. The zero-order valence-electron chi connectivity index (χ0n) is 18.2. The van der Waals surface area contributed by atoms with E-state index in [0.29, 0.717) is 17.5 Å². The molecule has 3 aromatic heterocycles. The number of pyridine rings is 1. The summed E-state index contributed by atoms with van der Waals surface area (Å²) in [5.74, 6) is 0.956. The fourth-order valence-corrected chi connectivity index (χ4v) is 4.16. The highest BCUT2D eigenvalue weighted by atomic mass is 32.2. The summed E-state index contributed by atoms with van der Waals surface area (Å²) in [6.45, 7) is 1.91. The number of rotatable bonds is 6. The molecule has 0 saturated heterocycles. The van der Waals surface area contributed by atoms with Gasteiger partial charge in [0.25, 0.3) is 0 Å². The third-order valence-corrected chi connectivity index (χ3v) is 6.20. The monoisotopic (exact) mass is 471 g/mol. The zero-order chi connectivity index (χ0) is 23.7. The Morgan fingerprint density at radius 2 is 1.74 bits per heavy atom. The van der Waals surface area contributed by atoms with Gasteiger partial charge in [-0.05, 0) is 61.5 Å². The Bertz CT molecular complexity index is 1600. The number of fused-ring (bicyclic) bond motifs is 1. The Hall–Kier alpha value is -4.28. The van der Waals surface area contributed by atoms with E-state index in [-0.39, 0.29) is 4.90 Å². The highest BCUT2D eigenvalue weighted by Crippen LogP contribution is 2.27. The second kappa shape index (κ2) is 8.58. The molecule has 0 aliphatic rings. The minimum atomic E-state index is -3.81. The van der Waals surface area contributed by atoms with Crippen LogP contribution in [0.2, 0.25) is 0 Å². The Kier molecular flexibility index (Phi) is 5.44. The number of sulfonamides is 1. The lowest BCUT2D eigenvalue weighted by molar-refractivity contribution is 0.598. The number of primary sulfonamides is 1. The Balaban J connectivity index is 1.40. The summed E-state index contributed by atoms with van der Waals surface area (Å²) in [6, 6.07) is 18.3. The molecule has 0 saturated carbocycles. The van der Waals surface area contributed by atoms with E-state index < -0.39 is 10.0 Å². The number of nitrogens with one attached hydrogen (secondary N) is 2. The zero-order valence-corrected chi connectivity index (χ0v) is 19.0. The molecular formula is C24H21N7O2S. The van der Waals surface area contributed by atoms with Crippen LogP contribution in [0.5, 0.6) is 0 Å². The first-order valence-corrected chi connectivity index (χ1v) is 11.9. The van der Waals surface area contributed by atoms with Crippen molar-refractivity contribution in [2.45, 2.75) is 11.8 Å². The fourth-order valence-electron chi connectivity index (χ4n) is 3.60. The van der Waals surface area contributed by atoms with E-state index in [9.17, 15) is 8.42 Å². The molecule has 0 radical (unpaired) electrons. The Morgan fingerprint density at radius 3 is 2.53 bits per heavy atom. The van der Waals surface area contributed by atoms with Crippen LogP contribution in [0.3, 0.4) is 0 Å². The van der Waals surface area contributed by atoms with E-state index >= 15 is 0 Å². The van der Waals surface area contributed by atoms with Gasteiger partial charge in [0, 0.05) is 52.8 Å². The van der Waals surface area contributed by atoms with Crippen molar-refractivity contribution in [3.05, 3.63) is 91.0 Å². The molecule has 10 heteroatoms. The van der Waals surface area contributed by atoms with Gasteiger partial charge in [0.1, 0.15) is 5.82 Å². The number of aryl methyl sites for hydroxylation is 1. The smallest absolute Gasteiger partial charge is 0.238 e. The van der Waals surface area contributed by atoms with Crippen molar-refractivity contribution in [2.75, 3.05) is 10.6 Å². The summed E-state index contributed by atoms with van der Waals surface area (Å²) in [7, 11) is -3.81. The van der Waals surface area contributed by atoms with Crippen LogP contribution in [-0.2, 0) is 10.0 Å². The summed E-state index contributed by atoms with van der Waals surface area (Å²) in [5, 5.41) is 12.7. The molecule has 2 aromatic carbocycles. The van der Waals surface area contributed by atoms with E-state index in [1.54, 1.807) is 30.7 Å². The molecule has 170 valence electrons. The minimum Gasteiger partial charge on any atom is -0.340 e. The highest BCUT2D eigenvalue weighted by Gasteiger charge is 2.10. The molecule has 9 nitrogen and oxygen atoms in total. The van der Waals surface area contributed by atoms with Crippen molar-refractivity contribution in [2.24, 2.45) is 5.14 Å². The number of anilines is 4. The van der Waals surface area contributed by atoms with Gasteiger partial charge in [0.15, 0.2) is 0 Å². The van der Waals surface area contributed by atoms with Gasteiger partial charge >= 0.3 is 0 Å². The van der Waals surface area contributed by atoms with E-state index in [4.69, 9.17) is 5.14 Å². The van der Waals surface area contributed by atoms with Crippen molar-refractivity contribution in [3.8, 4) is 5.69 Å². The number of nitrogens with two attached hydrogens (primary N) is 1. The Morgan fingerprint density at radius 1 is 0.941 bits per heavy atom. The van der Waals surface area contributed by atoms with Gasteiger partial charge in [-0.3, -0.25) is 4.98 Å². The van der Waals surface area contributed by atoms with Gasteiger partial charge in [0.2, 0.25) is 16.0 Å². The highest BCUT2D eigenvalue weighted by molar-refractivity contribution is 7.89. The average Bonchev–Trinajstić information content (AvgIpc) is 3.25. The number of hydrogen-bond acceptors (Lipinski definition) is 7. The van der Waals surface area contributed by atoms with Crippen molar-refractivity contribution in [1.29, 1.82) is 0 Å². The molecule has 5 aromatic rings. The maximum absolute atomic E-state index is 11.6. The van der Waals surface area contributed by atoms with E-state index in [1.807, 2.05) is 37.4 Å². The lowest BCUT2D eigenvalue weighted by Gasteiger charge is -2.12. The predicted molar refractivity (Wildman–Crippen MR) is 132 cm³/mol. The van der Waals surface area contributed by atoms with Crippen LogP contribution in [0, 0.1) is 6.92 Å². The van der Waals surface area contributed by atoms with Crippen LogP contribution >= 0.6 is 0 Å². The summed E-state index contributed by atoms with van der Waals surface area (Å²) in [5.41, 5.74) is 4.37. The van der Waals surface area contributed by atoms with Crippen molar-refractivity contribution < 1.29 is 8.42 Å². The third kappa shape index (κ3) is 4.45. The molecule has 34 heavy (non-hydrogen) atoms. The second-order valence-corrected chi connectivity index (χ2v) is 9.27. The van der Waals surface area contributed by atoms with Crippen molar-refractivity contribution in [3.63, 3.8) is 0 Å². The van der Waals surface area contributed by atoms with Crippen molar-refractivity contribution in [1.82, 2.24) is 19.5 Å². The summed E-state index contributed by atoms with van der Waals surface area (Å²) >= 11 is 0. The topological polar surface area (TPSA) is 128 Å². The number of benzene rings is 2. The minimum absolute atomic E-state index is 0.00923. The second-order valence-electron chi connectivity index (χ2n) is 7.71. The van der Waals surface area contributed by atoms with Crippen LogP contribution in [-0.4, -0.2) is 27.9 Å². The summed E-state index contributed by atoms with van der Waals surface area (Å²) in [6.07, 6.45) is 7.26. The maximum Gasteiger partial charge on any atom is 0.238 e. The first-order valence-electron chi connectivity index (χ1n) is 10.4. The number of hydrogen-bond donors (Lipinski definition) is 3. The average molecular weight is 472 g/mol. The lowest BCUT2D eigenvalue weighted by Crippen LogP contribution is -2.12. The molecule has 0 aliphatic heterocycles. The van der Waals surface area contributed by atoms with Gasteiger partial charge < -0.3 is 15.2 Å². The van der Waals surface area contributed by atoms with Gasteiger partial charge in [-0.1, -0.05) is 6.07 Å². The van der Waals surface area contributed by atoms with E-state index in [2.05, 4.69) is 42.3 Å². The molecule has 0 spiro atoms. The van der Waals surface area contributed by atoms with Gasteiger partial charge in [-0.2, -0.15) is 4.98 Å². The largest absolute Gasteiger partial charge is 0.340 e. The quantitative estimate of drug-likeness (QED) is 0.338. The number of aromatic nitrogens is 4. The SMILES string of the molecule is Cc1cnc(Nc2cccc(S(N)(=O)=O)c2)nc1Nc1ccc2c(ccn2-c2ccncc2)c1. The van der Waals surface area contributed by atoms with E-state index in [0.717, 1.165) is 27.8 Å². The molecule has 0 atom stereocenters. The molecule has 0 unspecified atom stereocenters. The molecule has 4 N–H and O–H groups in total. The Labute approximate surface area is 196 Å². The van der Waals surface area contributed by atoms with Crippen LogP contribution < -0.4 is 15.8 Å². The van der Waals surface area contributed by atoms with Crippen LogP contribution in [0.4, 0.5) is 23.1 Å². The molecule has 0 amide bonds. The predicted octanol–water partition coefficient (Wildman–Crippen LogP) is 4.26. The lowest BCUT2D eigenvalue weighted by atomic mass is 10.2. The van der Waals surface area contributed by atoms with Gasteiger partial charge in [-0.25, -0.2) is 18.5 Å². The van der Waals surface area contributed by atoms with Gasteiger partial charge in [-0.15, -0.1) is 0 Å². The van der Waals surface area contributed by atoms with Crippen LogP contribution in [0.25, 0.3) is 16.6 Å². The van der Waals surface area contributed by atoms with Crippen LogP contribution in [0.15, 0.2) is 90.3 Å². The summed E-state index contributed by atoms with van der Waals surface area (Å²) in [4.78, 5) is 13.0. The molecule has 0 bridgehead atoms. The first kappa shape index (κ1) is 21.6. The molecular weight excluding hydrogens is 450 g/mol. The normalized spacial score (nSPS) is 11.5. The molecule has 0 fully saturated rings. The molecule has 5 rings (SSSR count). The van der Waals surface area contributed by atoms with E-state index in [1.165, 1.54) is 12.1 Å². The third-order valence-electron chi connectivity index (χ3n) is 5.28. The van der Waals surface area contributed by atoms with Crippen LogP contribution in [0.1, 0.15) is 5.56 Å². The fraction of sp³-hybridized carbons (Fsp3) is 0.0417. The molecule has 3 heterocycles. The van der Waals surface area contributed by atoms with Crippen molar-refractivity contribution >= 4 is 44.1 Å². The maximum atomic E-state index is 11.6. The molecule has 0 aliphatic carbocycles. The first-order chi connectivity index (χ1) is 16.4.